The van der Waals surface area contributed by atoms with Gasteiger partial charge in [0.2, 0.25) is 11.8 Å². The number of halogens is 3. The van der Waals surface area contributed by atoms with Gasteiger partial charge in [-0.2, -0.15) is 0 Å². The van der Waals surface area contributed by atoms with Gasteiger partial charge in [-0.05, 0) is 24.3 Å². The van der Waals surface area contributed by atoms with Gasteiger partial charge in [-0.3, -0.25) is 9.59 Å². The molecule has 0 unspecified atom stereocenters. The van der Waals surface area contributed by atoms with E-state index in [4.69, 9.17) is 23.2 Å². The van der Waals surface area contributed by atoms with Crippen LogP contribution in [0.25, 0.3) is 0 Å². The lowest BCUT2D eigenvalue weighted by molar-refractivity contribution is -0.121. The van der Waals surface area contributed by atoms with Crippen molar-refractivity contribution in [3.63, 3.8) is 0 Å². The van der Waals surface area contributed by atoms with Crippen molar-refractivity contribution in [2.24, 2.45) is 0 Å². The maximum Gasteiger partial charge on any atom is 0.223 e. The summed E-state index contributed by atoms with van der Waals surface area (Å²) in [4.78, 5) is 25.3. The van der Waals surface area contributed by atoms with Crippen LogP contribution in [0.5, 0.6) is 0 Å². The standard InChI is InChI=1S/C18H17Cl2FN2O2/c1-12(24)23(17-7-6-14(19)10-15(17)20)9-8-18(25)22-11-13-4-2-3-5-16(13)21/h2-7,10H,8-9,11H2,1H3,(H,22,25). The Morgan fingerprint density at radius 1 is 1.16 bits per heavy atom. The molecular weight excluding hydrogens is 366 g/mol. The fourth-order valence-corrected chi connectivity index (χ4v) is 2.80. The summed E-state index contributed by atoms with van der Waals surface area (Å²) in [5.74, 6) is -0.910. The fraction of sp³-hybridized carbons (Fsp3) is 0.222. The summed E-state index contributed by atoms with van der Waals surface area (Å²) < 4.78 is 13.5. The highest BCUT2D eigenvalue weighted by Crippen LogP contribution is 2.29. The minimum absolute atomic E-state index is 0.0625. The number of nitrogens with zero attached hydrogens (tertiary/aromatic N) is 1. The SMILES string of the molecule is CC(=O)N(CCC(=O)NCc1ccccc1F)c1ccc(Cl)cc1Cl. The van der Waals surface area contributed by atoms with E-state index in [-0.39, 0.29) is 37.1 Å². The first-order chi connectivity index (χ1) is 11.9. The monoisotopic (exact) mass is 382 g/mol. The topological polar surface area (TPSA) is 49.4 Å². The lowest BCUT2D eigenvalue weighted by atomic mass is 10.2. The van der Waals surface area contributed by atoms with Gasteiger partial charge in [0.1, 0.15) is 5.82 Å². The number of hydrogen-bond acceptors (Lipinski definition) is 2. The highest BCUT2D eigenvalue weighted by Gasteiger charge is 2.16. The number of hydrogen-bond donors (Lipinski definition) is 1. The second kappa shape index (κ2) is 8.83. The number of amides is 2. The zero-order valence-electron chi connectivity index (χ0n) is 13.6. The van der Waals surface area contributed by atoms with Crippen molar-refractivity contribution in [2.75, 3.05) is 11.4 Å². The molecule has 2 amide bonds. The Hall–Kier alpha value is -2.11. The van der Waals surface area contributed by atoms with E-state index in [1.54, 1.807) is 30.3 Å². The van der Waals surface area contributed by atoms with E-state index >= 15 is 0 Å². The van der Waals surface area contributed by atoms with E-state index in [9.17, 15) is 14.0 Å². The molecule has 0 aliphatic rings. The van der Waals surface area contributed by atoms with E-state index in [1.807, 2.05) is 0 Å². The third kappa shape index (κ3) is 5.44. The van der Waals surface area contributed by atoms with Gasteiger partial charge in [0.25, 0.3) is 0 Å². The zero-order valence-corrected chi connectivity index (χ0v) is 15.1. The molecule has 2 aromatic carbocycles. The van der Waals surface area contributed by atoms with Crippen molar-refractivity contribution >= 4 is 40.7 Å². The van der Waals surface area contributed by atoms with Gasteiger partial charge in [0.05, 0.1) is 10.7 Å². The van der Waals surface area contributed by atoms with Crippen molar-refractivity contribution in [2.45, 2.75) is 19.9 Å². The van der Waals surface area contributed by atoms with Crippen molar-refractivity contribution in [3.8, 4) is 0 Å². The molecule has 1 N–H and O–H groups in total. The average molecular weight is 383 g/mol. The molecule has 0 aromatic heterocycles. The summed E-state index contributed by atoms with van der Waals surface area (Å²) in [5, 5.41) is 3.42. The summed E-state index contributed by atoms with van der Waals surface area (Å²) in [6.07, 6.45) is 0.0625. The van der Waals surface area contributed by atoms with Gasteiger partial charge in [-0.1, -0.05) is 41.4 Å². The van der Waals surface area contributed by atoms with Crippen LogP contribution in [0.3, 0.4) is 0 Å². The molecular formula is C18H17Cl2FN2O2. The van der Waals surface area contributed by atoms with E-state index in [0.29, 0.717) is 21.3 Å². The number of rotatable bonds is 6. The summed E-state index contributed by atoms with van der Waals surface area (Å²) >= 11 is 12.0. The summed E-state index contributed by atoms with van der Waals surface area (Å²) in [6, 6.07) is 11.0. The van der Waals surface area contributed by atoms with Crippen LogP contribution >= 0.6 is 23.2 Å². The zero-order chi connectivity index (χ0) is 18.4. The Labute approximate surface area is 155 Å². The Morgan fingerprint density at radius 2 is 1.88 bits per heavy atom. The number of carbonyl (C=O) groups excluding carboxylic acids is 2. The minimum atomic E-state index is -0.374. The Balaban J connectivity index is 1.95. The van der Waals surface area contributed by atoms with Gasteiger partial charge in [0.15, 0.2) is 0 Å². The van der Waals surface area contributed by atoms with Gasteiger partial charge < -0.3 is 10.2 Å². The lowest BCUT2D eigenvalue weighted by Crippen LogP contribution is -2.34. The predicted octanol–water partition coefficient (Wildman–Crippen LogP) is 4.19. The van der Waals surface area contributed by atoms with Crippen LogP contribution in [0.2, 0.25) is 10.0 Å². The van der Waals surface area contributed by atoms with E-state index < -0.39 is 0 Å². The van der Waals surface area contributed by atoms with Gasteiger partial charge in [-0.25, -0.2) is 4.39 Å². The van der Waals surface area contributed by atoms with Gasteiger partial charge in [0, 0.05) is 37.0 Å². The van der Waals surface area contributed by atoms with Crippen LogP contribution in [0.4, 0.5) is 10.1 Å². The minimum Gasteiger partial charge on any atom is -0.352 e. The molecule has 2 rings (SSSR count). The Morgan fingerprint density at radius 3 is 2.52 bits per heavy atom. The molecule has 4 nitrogen and oxygen atoms in total. The first kappa shape index (κ1) is 19.2. The molecule has 0 heterocycles. The first-order valence-corrected chi connectivity index (χ1v) is 8.37. The number of carbonyl (C=O) groups is 2. The summed E-state index contributed by atoms with van der Waals surface area (Å²) in [5.41, 5.74) is 0.889. The molecule has 0 atom stereocenters. The summed E-state index contributed by atoms with van der Waals surface area (Å²) in [7, 11) is 0. The molecule has 132 valence electrons. The average Bonchev–Trinajstić information content (AvgIpc) is 2.55. The largest absolute Gasteiger partial charge is 0.352 e. The molecule has 0 aliphatic heterocycles. The lowest BCUT2D eigenvalue weighted by Gasteiger charge is -2.22. The smallest absolute Gasteiger partial charge is 0.223 e. The number of anilines is 1. The predicted molar refractivity (Wildman–Crippen MR) is 97.4 cm³/mol. The van der Waals surface area contributed by atoms with Crippen LogP contribution in [0.15, 0.2) is 42.5 Å². The fourth-order valence-electron chi connectivity index (χ4n) is 2.28. The van der Waals surface area contributed by atoms with Crippen molar-refractivity contribution in [1.29, 1.82) is 0 Å². The van der Waals surface area contributed by atoms with Crippen LogP contribution in [-0.4, -0.2) is 18.4 Å². The van der Waals surface area contributed by atoms with E-state index in [1.165, 1.54) is 24.0 Å². The molecule has 25 heavy (non-hydrogen) atoms. The number of benzene rings is 2. The van der Waals surface area contributed by atoms with Crippen LogP contribution in [0.1, 0.15) is 18.9 Å². The molecule has 0 bridgehead atoms. The molecule has 0 spiro atoms. The Kier molecular flexibility index (Phi) is 6.79. The number of nitrogens with one attached hydrogen (secondary N) is 1. The van der Waals surface area contributed by atoms with E-state index in [0.717, 1.165) is 0 Å². The molecule has 7 heteroatoms. The molecule has 0 saturated carbocycles. The summed E-state index contributed by atoms with van der Waals surface area (Å²) in [6.45, 7) is 1.63. The highest BCUT2D eigenvalue weighted by atomic mass is 35.5. The quantitative estimate of drug-likeness (QED) is 0.813. The van der Waals surface area contributed by atoms with Crippen molar-refractivity contribution < 1.29 is 14.0 Å². The maximum absolute atomic E-state index is 13.5. The first-order valence-electron chi connectivity index (χ1n) is 7.61. The molecule has 2 aromatic rings. The third-order valence-corrected chi connectivity index (χ3v) is 4.11. The molecule has 0 aliphatic carbocycles. The maximum atomic E-state index is 13.5. The van der Waals surface area contributed by atoms with Crippen LogP contribution in [-0.2, 0) is 16.1 Å². The van der Waals surface area contributed by atoms with Gasteiger partial charge in [-0.15, -0.1) is 0 Å². The van der Waals surface area contributed by atoms with Gasteiger partial charge >= 0.3 is 0 Å². The third-order valence-electron chi connectivity index (χ3n) is 3.58. The molecule has 0 radical (unpaired) electrons. The second-order valence-electron chi connectivity index (χ2n) is 5.38. The normalized spacial score (nSPS) is 10.4. The second-order valence-corrected chi connectivity index (χ2v) is 6.23. The Bertz CT molecular complexity index is 783. The van der Waals surface area contributed by atoms with Crippen LogP contribution < -0.4 is 10.2 Å². The van der Waals surface area contributed by atoms with Crippen molar-refractivity contribution in [3.05, 3.63) is 63.9 Å². The molecule has 0 saturated heterocycles. The van der Waals surface area contributed by atoms with Crippen molar-refractivity contribution in [1.82, 2.24) is 5.32 Å². The highest BCUT2D eigenvalue weighted by molar-refractivity contribution is 6.36. The van der Waals surface area contributed by atoms with E-state index in [2.05, 4.69) is 5.32 Å². The molecule has 0 fully saturated rings. The van der Waals surface area contributed by atoms with Crippen LogP contribution in [0, 0.1) is 5.82 Å².